The number of hydrogen-bond donors (Lipinski definition) is 3. The summed E-state index contributed by atoms with van der Waals surface area (Å²) in [5.74, 6) is -1.90. The molecule has 0 unspecified atom stereocenters. The zero-order valence-electron chi connectivity index (χ0n) is 14.3. The molecule has 0 saturated heterocycles. The lowest BCUT2D eigenvalue weighted by atomic mass is 9.96. The van der Waals surface area contributed by atoms with Gasteiger partial charge in [-0.05, 0) is 12.1 Å². The molecule has 1 aromatic carbocycles. The van der Waals surface area contributed by atoms with Crippen LogP contribution in [0.4, 0.5) is 26.2 Å². The number of halogens is 2. The SMILES string of the molecule is [B]c1ccc(Nc2c(-c3nnc(NCCN)o3)cn(C)c(=O)c2F)c(F)c1. The van der Waals surface area contributed by atoms with Crippen LogP contribution in [0.2, 0.25) is 0 Å². The monoisotopic (exact) mass is 372 g/mol. The summed E-state index contributed by atoms with van der Waals surface area (Å²) in [5.41, 5.74) is 4.41. The summed E-state index contributed by atoms with van der Waals surface area (Å²) in [6.07, 6.45) is 1.31. The molecule has 2 radical (unpaired) electrons. The van der Waals surface area contributed by atoms with Gasteiger partial charge >= 0.3 is 6.01 Å². The summed E-state index contributed by atoms with van der Waals surface area (Å²) in [7, 11) is 6.88. The number of aromatic nitrogens is 3. The van der Waals surface area contributed by atoms with Crippen molar-refractivity contribution in [1.82, 2.24) is 14.8 Å². The Morgan fingerprint density at radius 1 is 1.33 bits per heavy atom. The van der Waals surface area contributed by atoms with Crippen LogP contribution >= 0.6 is 0 Å². The summed E-state index contributed by atoms with van der Waals surface area (Å²) in [6.45, 7) is 0.737. The van der Waals surface area contributed by atoms with E-state index >= 15 is 0 Å². The van der Waals surface area contributed by atoms with E-state index in [-0.39, 0.29) is 34.3 Å². The van der Waals surface area contributed by atoms with Crippen molar-refractivity contribution in [2.45, 2.75) is 0 Å². The van der Waals surface area contributed by atoms with E-state index in [9.17, 15) is 13.6 Å². The summed E-state index contributed by atoms with van der Waals surface area (Å²) in [5, 5.41) is 13.0. The average molecular weight is 372 g/mol. The molecule has 0 atom stereocenters. The smallest absolute Gasteiger partial charge is 0.315 e. The molecule has 2 aromatic heterocycles. The van der Waals surface area contributed by atoms with Gasteiger partial charge in [0, 0.05) is 26.3 Å². The van der Waals surface area contributed by atoms with Crippen molar-refractivity contribution in [3.63, 3.8) is 0 Å². The molecule has 27 heavy (non-hydrogen) atoms. The molecule has 8 nitrogen and oxygen atoms in total. The first-order chi connectivity index (χ1) is 12.9. The number of benzene rings is 1. The molecule has 4 N–H and O–H groups in total. The third-order valence-corrected chi connectivity index (χ3v) is 3.65. The summed E-state index contributed by atoms with van der Waals surface area (Å²) in [4.78, 5) is 12.0. The van der Waals surface area contributed by atoms with Gasteiger partial charge in [0.05, 0.1) is 16.9 Å². The number of nitrogens with one attached hydrogen (secondary N) is 2. The third-order valence-electron chi connectivity index (χ3n) is 3.65. The lowest BCUT2D eigenvalue weighted by Gasteiger charge is -2.13. The van der Waals surface area contributed by atoms with E-state index in [1.165, 1.54) is 25.4 Å². The van der Waals surface area contributed by atoms with Gasteiger partial charge < -0.3 is 25.4 Å². The fourth-order valence-electron chi connectivity index (χ4n) is 2.33. The van der Waals surface area contributed by atoms with E-state index in [0.717, 1.165) is 10.6 Å². The molecule has 2 heterocycles. The van der Waals surface area contributed by atoms with Gasteiger partial charge in [0.25, 0.3) is 11.4 Å². The standard InChI is InChI=1S/C16H15BF2N6O2/c1-25-7-9(14-23-24-16(27-14)21-5-4-20)13(12(19)15(25)26)22-11-3-2-8(17)6-10(11)18/h2-3,6-7,22H,4-5,20H2,1H3,(H,21,24). The molecule has 0 spiro atoms. The van der Waals surface area contributed by atoms with Crippen molar-refractivity contribution in [2.75, 3.05) is 23.7 Å². The van der Waals surface area contributed by atoms with Crippen molar-refractivity contribution in [3.05, 3.63) is 46.4 Å². The van der Waals surface area contributed by atoms with E-state index in [0.29, 0.717) is 13.1 Å². The van der Waals surface area contributed by atoms with Crippen LogP contribution in [-0.4, -0.2) is 35.7 Å². The van der Waals surface area contributed by atoms with Crippen LogP contribution < -0.4 is 27.4 Å². The zero-order chi connectivity index (χ0) is 19.6. The maximum absolute atomic E-state index is 14.6. The largest absolute Gasteiger partial charge is 0.403 e. The van der Waals surface area contributed by atoms with E-state index in [1.54, 1.807) is 0 Å². The van der Waals surface area contributed by atoms with Gasteiger partial charge in [-0.2, -0.15) is 4.39 Å². The molecule has 0 aliphatic rings. The number of aryl methyl sites for hydroxylation is 1. The number of pyridine rings is 1. The van der Waals surface area contributed by atoms with Crippen molar-refractivity contribution < 1.29 is 13.2 Å². The van der Waals surface area contributed by atoms with Gasteiger partial charge in [0.2, 0.25) is 5.82 Å². The highest BCUT2D eigenvalue weighted by Gasteiger charge is 2.21. The van der Waals surface area contributed by atoms with Crippen molar-refractivity contribution in [1.29, 1.82) is 0 Å². The number of nitrogens with two attached hydrogens (primary N) is 1. The van der Waals surface area contributed by atoms with Gasteiger partial charge in [-0.25, -0.2) is 4.39 Å². The van der Waals surface area contributed by atoms with E-state index < -0.39 is 17.2 Å². The Balaban J connectivity index is 2.08. The summed E-state index contributed by atoms with van der Waals surface area (Å²) < 4.78 is 35.2. The average Bonchev–Trinajstić information content (AvgIpc) is 3.10. The Kier molecular flexibility index (Phi) is 5.22. The minimum atomic E-state index is -1.12. The molecule has 138 valence electrons. The Morgan fingerprint density at radius 2 is 2.11 bits per heavy atom. The first-order valence-corrected chi connectivity index (χ1v) is 7.89. The number of nitrogens with zero attached hydrogens (tertiary/aromatic N) is 3. The van der Waals surface area contributed by atoms with Crippen LogP contribution in [0.5, 0.6) is 0 Å². The zero-order valence-corrected chi connectivity index (χ0v) is 14.3. The maximum Gasteiger partial charge on any atom is 0.315 e. The Morgan fingerprint density at radius 3 is 2.81 bits per heavy atom. The van der Waals surface area contributed by atoms with Crippen LogP contribution in [0.15, 0.2) is 33.6 Å². The Hall–Kier alpha value is -3.21. The third kappa shape index (κ3) is 3.82. The van der Waals surface area contributed by atoms with Crippen molar-refractivity contribution >= 4 is 30.7 Å². The lowest BCUT2D eigenvalue weighted by molar-refractivity contribution is 0.572. The summed E-state index contributed by atoms with van der Waals surface area (Å²) in [6, 6.07) is 3.91. The predicted octanol–water partition coefficient (Wildman–Crippen LogP) is 0.621. The lowest BCUT2D eigenvalue weighted by Crippen LogP contribution is -2.22. The van der Waals surface area contributed by atoms with E-state index in [4.69, 9.17) is 18.0 Å². The molecule has 3 aromatic rings. The second-order valence-electron chi connectivity index (χ2n) is 5.64. The number of anilines is 3. The maximum atomic E-state index is 14.6. The molecule has 0 amide bonds. The van der Waals surface area contributed by atoms with Crippen molar-refractivity contribution in [3.8, 4) is 11.5 Å². The summed E-state index contributed by atoms with van der Waals surface area (Å²) >= 11 is 0. The van der Waals surface area contributed by atoms with Gasteiger partial charge in [0.1, 0.15) is 13.7 Å². The van der Waals surface area contributed by atoms with Crippen LogP contribution in [0.3, 0.4) is 0 Å². The first kappa shape index (κ1) is 18.6. The van der Waals surface area contributed by atoms with Crippen molar-refractivity contribution in [2.24, 2.45) is 12.8 Å². The minimum Gasteiger partial charge on any atom is -0.403 e. The van der Waals surface area contributed by atoms with Gasteiger partial charge in [-0.15, -0.1) is 5.10 Å². The normalized spacial score (nSPS) is 10.8. The number of hydrogen-bond acceptors (Lipinski definition) is 7. The Bertz CT molecular complexity index is 1040. The van der Waals surface area contributed by atoms with Gasteiger partial charge in [0.15, 0.2) is 0 Å². The molecular weight excluding hydrogens is 357 g/mol. The second-order valence-corrected chi connectivity index (χ2v) is 5.64. The second kappa shape index (κ2) is 7.58. The fourth-order valence-corrected chi connectivity index (χ4v) is 2.33. The van der Waals surface area contributed by atoms with Crippen LogP contribution in [0.1, 0.15) is 0 Å². The highest BCUT2D eigenvalue weighted by molar-refractivity contribution is 6.32. The number of rotatable bonds is 6. The molecule has 0 bridgehead atoms. The topological polar surface area (TPSA) is 111 Å². The van der Waals surface area contributed by atoms with Gasteiger partial charge in [-0.3, -0.25) is 4.79 Å². The highest BCUT2D eigenvalue weighted by atomic mass is 19.1. The molecule has 0 aliphatic heterocycles. The molecule has 0 saturated carbocycles. The quantitative estimate of drug-likeness (QED) is 0.544. The molecule has 11 heteroatoms. The van der Waals surface area contributed by atoms with Gasteiger partial charge in [-0.1, -0.05) is 16.6 Å². The highest BCUT2D eigenvalue weighted by Crippen LogP contribution is 2.31. The molecule has 3 rings (SSSR count). The molecule has 0 aliphatic carbocycles. The van der Waals surface area contributed by atoms with E-state index in [2.05, 4.69) is 20.8 Å². The van der Waals surface area contributed by atoms with Crippen LogP contribution in [0.25, 0.3) is 11.5 Å². The minimum absolute atomic E-state index is 0.0672. The Labute approximate surface area is 153 Å². The van der Waals surface area contributed by atoms with E-state index in [1.807, 2.05) is 0 Å². The predicted molar refractivity (Wildman–Crippen MR) is 97.5 cm³/mol. The molecule has 0 fully saturated rings. The first-order valence-electron chi connectivity index (χ1n) is 7.89. The van der Waals surface area contributed by atoms with Crippen LogP contribution in [0, 0.1) is 11.6 Å². The molecular formula is C16H15BF2N6O2. The fraction of sp³-hybridized carbons (Fsp3) is 0.188. The van der Waals surface area contributed by atoms with Crippen LogP contribution in [-0.2, 0) is 7.05 Å².